The largest absolute Gasteiger partial charge is 0.435 e. The molecule has 0 aliphatic rings. The molecule has 0 unspecified atom stereocenters. The Morgan fingerprint density at radius 3 is 2.37 bits per heavy atom. The van der Waals surface area contributed by atoms with E-state index in [1.54, 1.807) is 18.2 Å². The van der Waals surface area contributed by atoms with Crippen molar-refractivity contribution >= 4 is 5.69 Å². The van der Waals surface area contributed by atoms with Gasteiger partial charge >= 0.3 is 6.61 Å². The summed E-state index contributed by atoms with van der Waals surface area (Å²) in [5, 5.41) is 28.6. The SMILES string of the molecule is N#CC(C#N)=C(C#N)Nc1cccc(OC(F)F)c1. The van der Waals surface area contributed by atoms with Crippen molar-refractivity contribution in [1.29, 1.82) is 15.8 Å². The summed E-state index contributed by atoms with van der Waals surface area (Å²) in [4.78, 5) is 0. The molecule has 7 heteroatoms. The zero-order valence-electron chi connectivity index (χ0n) is 9.39. The van der Waals surface area contributed by atoms with Crippen molar-refractivity contribution in [2.45, 2.75) is 6.61 Å². The molecule has 0 aromatic heterocycles. The van der Waals surface area contributed by atoms with Gasteiger partial charge in [-0.3, -0.25) is 0 Å². The fourth-order valence-corrected chi connectivity index (χ4v) is 1.18. The van der Waals surface area contributed by atoms with Crippen molar-refractivity contribution in [3.05, 3.63) is 35.5 Å². The van der Waals surface area contributed by atoms with Crippen LogP contribution in [0.1, 0.15) is 0 Å². The molecule has 94 valence electrons. The Morgan fingerprint density at radius 1 is 1.16 bits per heavy atom. The van der Waals surface area contributed by atoms with E-state index in [1.807, 2.05) is 0 Å². The summed E-state index contributed by atoms with van der Waals surface area (Å²) >= 11 is 0. The Bertz CT molecular complexity index is 604. The van der Waals surface area contributed by atoms with Crippen molar-refractivity contribution in [3.8, 4) is 24.0 Å². The lowest BCUT2D eigenvalue weighted by atomic mass is 10.2. The lowest BCUT2D eigenvalue weighted by Crippen LogP contribution is -2.03. The molecule has 0 aliphatic carbocycles. The van der Waals surface area contributed by atoms with Gasteiger partial charge in [0.1, 0.15) is 29.7 Å². The van der Waals surface area contributed by atoms with Crippen LogP contribution in [0, 0.1) is 34.0 Å². The molecule has 0 radical (unpaired) electrons. The summed E-state index contributed by atoms with van der Waals surface area (Å²) in [6.07, 6.45) is 0. The molecule has 0 bridgehead atoms. The molecular formula is C12H6F2N4O. The van der Waals surface area contributed by atoms with Crippen LogP contribution in [-0.2, 0) is 0 Å². The van der Waals surface area contributed by atoms with E-state index in [-0.39, 0.29) is 17.1 Å². The summed E-state index contributed by atoms with van der Waals surface area (Å²) in [6, 6.07) is 10.2. The molecular weight excluding hydrogens is 254 g/mol. The van der Waals surface area contributed by atoms with E-state index in [2.05, 4.69) is 10.1 Å². The van der Waals surface area contributed by atoms with Gasteiger partial charge < -0.3 is 10.1 Å². The minimum absolute atomic E-state index is 0.104. The first-order valence-corrected chi connectivity index (χ1v) is 4.87. The van der Waals surface area contributed by atoms with Gasteiger partial charge in [-0.2, -0.15) is 24.6 Å². The van der Waals surface area contributed by atoms with E-state index >= 15 is 0 Å². The van der Waals surface area contributed by atoms with Gasteiger partial charge in [-0.05, 0) is 12.1 Å². The fraction of sp³-hybridized carbons (Fsp3) is 0.0833. The zero-order chi connectivity index (χ0) is 14.3. The van der Waals surface area contributed by atoms with E-state index in [0.29, 0.717) is 0 Å². The van der Waals surface area contributed by atoms with Crippen LogP contribution in [0.15, 0.2) is 35.5 Å². The Labute approximate surface area is 107 Å². The molecule has 1 aromatic carbocycles. The molecule has 0 saturated carbocycles. The Kier molecular flexibility index (Phi) is 4.83. The lowest BCUT2D eigenvalue weighted by molar-refractivity contribution is -0.0498. The number of benzene rings is 1. The number of allylic oxidation sites excluding steroid dienone is 2. The molecule has 1 aromatic rings. The van der Waals surface area contributed by atoms with Crippen molar-refractivity contribution < 1.29 is 13.5 Å². The average Bonchev–Trinajstić information content (AvgIpc) is 2.38. The maximum Gasteiger partial charge on any atom is 0.387 e. The number of rotatable bonds is 4. The van der Waals surface area contributed by atoms with Crippen LogP contribution in [0.25, 0.3) is 0 Å². The minimum Gasteiger partial charge on any atom is -0.435 e. The van der Waals surface area contributed by atoms with Crippen molar-refractivity contribution in [2.24, 2.45) is 0 Å². The van der Waals surface area contributed by atoms with Crippen molar-refractivity contribution in [1.82, 2.24) is 0 Å². The molecule has 0 spiro atoms. The highest BCUT2D eigenvalue weighted by Crippen LogP contribution is 2.20. The summed E-state index contributed by atoms with van der Waals surface area (Å²) in [6.45, 7) is -2.96. The number of alkyl halides is 2. The Morgan fingerprint density at radius 2 is 1.84 bits per heavy atom. The van der Waals surface area contributed by atoms with Crippen LogP contribution in [0.3, 0.4) is 0 Å². The smallest absolute Gasteiger partial charge is 0.387 e. The third-order valence-corrected chi connectivity index (χ3v) is 1.91. The number of nitrogens with zero attached hydrogens (tertiary/aromatic N) is 3. The van der Waals surface area contributed by atoms with Gasteiger partial charge in [0.2, 0.25) is 0 Å². The molecule has 19 heavy (non-hydrogen) atoms. The second-order valence-corrected chi connectivity index (χ2v) is 3.12. The first kappa shape index (κ1) is 14.0. The highest BCUT2D eigenvalue weighted by Gasteiger charge is 2.08. The number of halogens is 2. The fourth-order valence-electron chi connectivity index (χ4n) is 1.18. The highest BCUT2D eigenvalue weighted by molar-refractivity contribution is 5.59. The Hall–Kier alpha value is -3.11. The van der Waals surface area contributed by atoms with Crippen LogP contribution in [-0.4, -0.2) is 6.61 Å². The molecule has 1 N–H and O–H groups in total. The van der Waals surface area contributed by atoms with Gasteiger partial charge in [-0.1, -0.05) is 6.07 Å². The normalized spacial score (nSPS) is 8.84. The Balaban J connectivity index is 3.01. The van der Waals surface area contributed by atoms with Gasteiger partial charge in [0, 0.05) is 11.8 Å². The number of nitrogens with one attached hydrogen (secondary N) is 1. The van der Waals surface area contributed by atoms with E-state index in [0.717, 1.165) is 0 Å². The van der Waals surface area contributed by atoms with Gasteiger partial charge in [0.05, 0.1) is 0 Å². The number of hydrogen-bond donors (Lipinski definition) is 1. The maximum atomic E-state index is 12.0. The van der Waals surface area contributed by atoms with Gasteiger partial charge in [0.15, 0.2) is 5.57 Å². The average molecular weight is 260 g/mol. The van der Waals surface area contributed by atoms with Crippen LogP contribution in [0.4, 0.5) is 14.5 Å². The number of hydrogen-bond acceptors (Lipinski definition) is 5. The highest BCUT2D eigenvalue weighted by atomic mass is 19.3. The first-order valence-electron chi connectivity index (χ1n) is 4.87. The summed E-state index contributed by atoms with van der Waals surface area (Å²) in [5.74, 6) is -0.104. The molecule has 1 rings (SSSR count). The van der Waals surface area contributed by atoms with Crippen LogP contribution >= 0.6 is 0 Å². The third kappa shape index (κ3) is 3.99. The predicted molar refractivity (Wildman–Crippen MR) is 60.6 cm³/mol. The van der Waals surface area contributed by atoms with E-state index in [1.165, 1.54) is 24.3 Å². The van der Waals surface area contributed by atoms with Crippen LogP contribution in [0.5, 0.6) is 5.75 Å². The van der Waals surface area contributed by atoms with Gasteiger partial charge in [-0.15, -0.1) is 0 Å². The summed E-state index contributed by atoms with van der Waals surface area (Å²) < 4.78 is 28.2. The summed E-state index contributed by atoms with van der Waals surface area (Å²) in [7, 11) is 0. The molecule has 0 fully saturated rings. The molecule has 0 aliphatic heterocycles. The van der Waals surface area contributed by atoms with E-state index in [4.69, 9.17) is 15.8 Å². The first-order chi connectivity index (χ1) is 9.10. The zero-order valence-corrected chi connectivity index (χ0v) is 9.39. The molecule has 0 saturated heterocycles. The van der Waals surface area contributed by atoms with Crippen LogP contribution in [0.2, 0.25) is 0 Å². The monoisotopic (exact) mass is 260 g/mol. The molecule has 0 heterocycles. The van der Waals surface area contributed by atoms with E-state index < -0.39 is 12.2 Å². The van der Waals surface area contributed by atoms with Gasteiger partial charge in [-0.25, -0.2) is 0 Å². The van der Waals surface area contributed by atoms with Crippen LogP contribution < -0.4 is 10.1 Å². The number of ether oxygens (including phenoxy) is 1. The third-order valence-electron chi connectivity index (χ3n) is 1.91. The molecule has 5 nitrogen and oxygen atoms in total. The number of anilines is 1. The quantitative estimate of drug-likeness (QED) is 0.839. The summed E-state index contributed by atoms with van der Waals surface area (Å²) in [5.41, 5.74) is -0.417. The minimum atomic E-state index is -2.96. The lowest BCUT2D eigenvalue weighted by Gasteiger charge is -2.08. The second-order valence-electron chi connectivity index (χ2n) is 3.12. The van der Waals surface area contributed by atoms with E-state index in [9.17, 15) is 8.78 Å². The predicted octanol–water partition coefficient (Wildman–Crippen LogP) is 2.52. The maximum absolute atomic E-state index is 12.0. The number of nitriles is 3. The van der Waals surface area contributed by atoms with Crippen molar-refractivity contribution in [2.75, 3.05) is 5.32 Å². The van der Waals surface area contributed by atoms with Gasteiger partial charge in [0.25, 0.3) is 0 Å². The molecule has 0 atom stereocenters. The second kappa shape index (κ2) is 6.58. The van der Waals surface area contributed by atoms with Crippen molar-refractivity contribution in [3.63, 3.8) is 0 Å². The topological polar surface area (TPSA) is 92.6 Å². The standard InChI is InChI=1S/C12H6F2N4O/c13-12(14)19-10-3-1-2-9(4-10)18-11(7-17)8(5-15)6-16/h1-4,12,18H. The molecule has 0 amide bonds.